The Morgan fingerprint density at radius 3 is 2.59 bits per heavy atom. The Morgan fingerprint density at radius 2 is 1.97 bits per heavy atom. The number of nitrogens with one attached hydrogen (secondary N) is 2. The van der Waals surface area contributed by atoms with E-state index in [-0.39, 0.29) is 23.4 Å². The van der Waals surface area contributed by atoms with Gasteiger partial charge in [0.2, 0.25) is 0 Å². The zero-order valence-corrected chi connectivity index (χ0v) is 20.8. The molecular formula is C25H28F3N7O2. The molecule has 3 aromatic heterocycles. The van der Waals surface area contributed by atoms with Crippen LogP contribution in [0.1, 0.15) is 36.2 Å². The van der Waals surface area contributed by atoms with Crippen LogP contribution >= 0.6 is 0 Å². The predicted molar refractivity (Wildman–Crippen MR) is 133 cm³/mol. The van der Waals surface area contributed by atoms with Crippen LogP contribution in [0.4, 0.5) is 19.0 Å². The molecule has 0 saturated heterocycles. The third-order valence-corrected chi connectivity index (χ3v) is 6.17. The molecule has 196 valence electrons. The van der Waals surface area contributed by atoms with Crippen LogP contribution in [0.3, 0.4) is 0 Å². The number of carbonyl (C=O) groups is 1. The molecular weight excluding hydrogens is 487 g/mol. The molecule has 0 spiro atoms. The number of rotatable bonds is 8. The minimum atomic E-state index is -4.77. The van der Waals surface area contributed by atoms with Gasteiger partial charge < -0.3 is 15.7 Å². The van der Waals surface area contributed by atoms with Gasteiger partial charge in [0.1, 0.15) is 5.69 Å². The molecule has 4 rings (SSSR count). The van der Waals surface area contributed by atoms with E-state index in [1.165, 1.54) is 0 Å². The Kier molecular flexibility index (Phi) is 7.21. The van der Waals surface area contributed by atoms with Crippen molar-refractivity contribution < 1.29 is 23.1 Å². The number of hydrogen-bond acceptors (Lipinski definition) is 6. The lowest BCUT2D eigenvalue weighted by Gasteiger charge is -2.16. The number of aromatic nitrogens is 5. The van der Waals surface area contributed by atoms with Gasteiger partial charge in [0, 0.05) is 36.6 Å². The molecule has 9 nitrogen and oxygen atoms in total. The highest BCUT2D eigenvalue weighted by Crippen LogP contribution is 2.29. The van der Waals surface area contributed by atoms with Crippen LogP contribution < -0.4 is 10.6 Å². The monoisotopic (exact) mass is 515 g/mol. The fourth-order valence-electron chi connectivity index (χ4n) is 3.86. The van der Waals surface area contributed by atoms with Crippen molar-refractivity contribution in [2.75, 3.05) is 11.9 Å². The quantitative estimate of drug-likeness (QED) is 0.328. The third kappa shape index (κ3) is 5.43. The number of hydrogen-bond donors (Lipinski definition) is 3. The Labute approximate surface area is 211 Å². The van der Waals surface area contributed by atoms with E-state index in [0.29, 0.717) is 22.6 Å². The number of aliphatic hydroxyl groups is 1. The molecule has 3 N–H and O–H groups in total. The van der Waals surface area contributed by atoms with Crippen molar-refractivity contribution in [2.24, 2.45) is 7.05 Å². The first kappa shape index (κ1) is 26.1. The van der Waals surface area contributed by atoms with Crippen molar-refractivity contribution in [1.29, 1.82) is 0 Å². The first-order valence-electron chi connectivity index (χ1n) is 11.8. The summed E-state index contributed by atoms with van der Waals surface area (Å²) < 4.78 is 42.0. The highest BCUT2D eigenvalue weighted by molar-refractivity contribution is 5.96. The van der Waals surface area contributed by atoms with E-state index in [4.69, 9.17) is 0 Å². The van der Waals surface area contributed by atoms with Gasteiger partial charge in [-0.05, 0) is 44.0 Å². The van der Waals surface area contributed by atoms with E-state index in [0.717, 1.165) is 17.5 Å². The minimum Gasteiger partial charge on any atom is -0.382 e. The van der Waals surface area contributed by atoms with Crippen LogP contribution in [0.2, 0.25) is 0 Å². The normalized spacial score (nSPS) is 13.5. The maximum Gasteiger partial charge on any atom is 0.416 e. The summed E-state index contributed by atoms with van der Waals surface area (Å²) in [6.07, 6.45) is -1.63. The molecule has 1 aromatic carbocycles. The molecule has 0 saturated carbocycles. The number of benzene rings is 1. The molecule has 4 aromatic rings. The summed E-state index contributed by atoms with van der Waals surface area (Å²) in [5.74, 6) is -0.0801. The molecule has 2 unspecified atom stereocenters. The summed E-state index contributed by atoms with van der Waals surface area (Å²) in [5, 5.41) is 19.2. The molecule has 3 heterocycles. The lowest BCUT2D eigenvalue weighted by molar-refractivity contribution is -0.198. The van der Waals surface area contributed by atoms with Crippen LogP contribution in [0, 0.1) is 6.92 Å². The Bertz CT molecular complexity index is 1430. The number of nitrogens with zero attached hydrogens (tertiary/aromatic N) is 5. The number of anilines is 1. The van der Waals surface area contributed by atoms with Gasteiger partial charge in [0.05, 0.1) is 24.1 Å². The lowest BCUT2D eigenvalue weighted by atomic mass is 10.0. The second kappa shape index (κ2) is 10.2. The van der Waals surface area contributed by atoms with Gasteiger partial charge in [-0.15, -0.1) is 0 Å². The highest BCUT2D eigenvalue weighted by atomic mass is 19.4. The molecule has 1 amide bonds. The zero-order chi connectivity index (χ0) is 26.9. The van der Waals surface area contributed by atoms with Crippen LogP contribution in [0.25, 0.3) is 28.3 Å². The van der Waals surface area contributed by atoms with Gasteiger partial charge in [0.25, 0.3) is 5.91 Å². The second-order valence-corrected chi connectivity index (χ2v) is 8.90. The van der Waals surface area contributed by atoms with Gasteiger partial charge in [-0.1, -0.05) is 13.0 Å². The van der Waals surface area contributed by atoms with E-state index >= 15 is 0 Å². The number of imidazole rings is 1. The van der Waals surface area contributed by atoms with Crippen LogP contribution in [0.15, 0.2) is 42.9 Å². The average molecular weight is 516 g/mol. The molecule has 0 radical (unpaired) electrons. The molecule has 0 bridgehead atoms. The average Bonchev–Trinajstić information content (AvgIpc) is 3.47. The Morgan fingerprint density at radius 1 is 1.22 bits per heavy atom. The standard InChI is InChI=1S/C25H28F3N7O2/c1-5-15(3)32-24(37)17-7-6-16(10-14(17)2)20-11-30-23-22(29-12-21(36)25(26,27)28)33-18(13-35(20)23)19-8-9-31-34(19)4/h6-11,13,15,21,36H,5,12H2,1-4H3,(H,29,33)(H,32,37). The highest BCUT2D eigenvalue weighted by Gasteiger charge is 2.38. The number of carbonyl (C=O) groups excluding carboxylic acids is 1. The maximum absolute atomic E-state index is 12.9. The van der Waals surface area contributed by atoms with Crippen LogP contribution in [-0.2, 0) is 7.05 Å². The van der Waals surface area contributed by atoms with Crippen molar-refractivity contribution in [3.05, 3.63) is 54.0 Å². The first-order valence-corrected chi connectivity index (χ1v) is 11.8. The Hall–Kier alpha value is -3.93. The number of fused-ring (bicyclic) bond motifs is 1. The van der Waals surface area contributed by atoms with E-state index < -0.39 is 18.8 Å². The molecule has 37 heavy (non-hydrogen) atoms. The van der Waals surface area contributed by atoms with E-state index in [9.17, 15) is 23.1 Å². The van der Waals surface area contributed by atoms with Crippen molar-refractivity contribution in [3.8, 4) is 22.6 Å². The zero-order valence-electron chi connectivity index (χ0n) is 20.8. The van der Waals surface area contributed by atoms with E-state index in [2.05, 4.69) is 25.7 Å². The summed E-state index contributed by atoms with van der Waals surface area (Å²) in [4.78, 5) is 21.5. The smallest absolute Gasteiger partial charge is 0.382 e. The minimum absolute atomic E-state index is 0.0464. The maximum atomic E-state index is 12.9. The predicted octanol–water partition coefficient (Wildman–Crippen LogP) is 3.97. The summed E-state index contributed by atoms with van der Waals surface area (Å²) >= 11 is 0. The summed E-state index contributed by atoms with van der Waals surface area (Å²) in [7, 11) is 1.73. The summed E-state index contributed by atoms with van der Waals surface area (Å²) in [6.45, 7) is 4.98. The number of alkyl halides is 3. The molecule has 0 aliphatic heterocycles. The molecule has 0 aliphatic rings. The lowest BCUT2D eigenvalue weighted by Crippen LogP contribution is -2.35. The third-order valence-electron chi connectivity index (χ3n) is 6.17. The number of amides is 1. The van der Waals surface area contributed by atoms with Crippen LogP contribution in [-0.4, -0.2) is 60.0 Å². The number of halogens is 3. The molecule has 0 fully saturated rings. The number of aliphatic hydroxyl groups excluding tert-OH is 1. The van der Waals surface area contributed by atoms with E-state index in [1.54, 1.807) is 52.9 Å². The van der Waals surface area contributed by atoms with Gasteiger partial charge in [0.15, 0.2) is 17.6 Å². The molecule has 12 heteroatoms. The fourth-order valence-corrected chi connectivity index (χ4v) is 3.86. The largest absolute Gasteiger partial charge is 0.416 e. The first-order chi connectivity index (χ1) is 17.5. The van der Waals surface area contributed by atoms with Gasteiger partial charge >= 0.3 is 6.18 Å². The van der Waals surface area contributed by atoms with Crippen molar-refractivity contribution >= 4 is 17.4 Å². The van der Waals surface area contributed by atoms with Gasteiger partial charge in [-0.25, -0.2) is 9.97 Å². The SMILES string of the molecule is CCC(C)NC(=O)c1ccc(-c2cnc3c(NCC(O)C(F)(F)F)nc(-c4ccnn4C)cn23)cc1C. The molecule has 2 atom stereocenters. The van der Waals surface area contributed by atoms with Gasteiger partial charge in [-0.3, -0.25) is 13.9 Å². The molecule has 0 aliphatic carbocycles. The van der Waals surface area contributed by atoms with Crippen molar-refractivity contribution in [2.45, 2.75) is 45.5 Å². The topological polar surface area (TPSA) is 109 Å². The summed E-state index contributed by atoms with van der Waals surface area (Å²) in [6, 6.07) is 7.18. The Balaban J connectivity index is 1.77. The van der Waals surface area contributed by atoms with Crippen LogP contribution in [0.5, 0.6) is 0 Å². The van der Waals surface area contributed by atoms with Gasteiger partial charge in [-0.2, -0.15) is 18.3 Å². The van der Waals surface area contributed by atoms with E-state index in [1.807, 2.05) is 26.8 Å². The second-order valence-electron chi connectivity index (χ2n) is 8.90. The fraction of sp³-hybridized carbons (Fsp3) is 0.360. The number of aryl methyl sites for hydroxylation is 2. The summed E-state index contributed by atoms with van der Waals surface area (Å²) in [5.41, 5.74) is 4.09. The van der Waals surface area contributed by atoms with Crippen molar-refractivity contribution in [1.82, 2.24) is 29.5 Å². The van der Waals surface area contributed by atoms with Crippen molar-refractivity contribution in [3.63, 3.8) is 0 Å².